The minimum absolute atomic E-state index is 0.216. The number of aryl methyl sites for hydroxylation is 1. The average Bonchev–Trinajstić information content (AvgIpc) is 2.93. The van der Waals surface area contributed by atoms with Crippen molar-refractivity contribution in [1.29, 1.82) is 5.26 Å². The SMILES string of the molecule is CCn1c(-c2ccc(CS(N)(=O)=O)cc2)c(C#N)c2ccc(OC)cc21. The van der Waals surface area contributed by atoms with Crippen LogP contribution >= 0.6 is 0 Å². The van der Waals surface area contributed by atoms with Gasteiger partial charge in [-0.3, -0.25) is 0 Å². The normalized spacial score (nSPS) is 11.5. The number of nitriles is 1. The zero-order valence-corrected chi connectivity index (χ0v) is 15.4. The first kappa shape index (κ1) is 18.0. The molecule has 6 nitrogen and oxygen atoms in total. The van der Waals surface area contributed by atoms with Crippen molar-refractivity contribution in [2.45, 2.75) is 19.2 Å². The number of rotatable bonds is 5. The number of ether oxygens (including phenoxy) is 1. The van der Waals surface area contributed by atoms with Gasteiger partial charge in [0.25, 0.3) is 0 Å². The molecule has 0 atom stereocenters. The third-order valence-corrected chi connectivity index (χ3v) is 5.03. The molecule has 0 aliphatic carbocycles. The van der Waals surface area contributed by atoms with Gasteiger partial charge in [0.05, 0.1) is 29.6 Å². The molecular weight excluding hydrogens is 350 g/mol. The highest BCUT2D eigenvalue weighted by Crippen LogP contribution is 2.35. The van der Waals surface area contributed by atoms with Crippen molar-refractivity contribution in [3.05, 3.63) is 53.6 Å². The van der Waals surface area contributed by atoms with E-state index in [1.165, 1.54) is 0 Å². The summed E-state index contributed by atoms with van der Waals surface area (Å²) < 4.78 is 29.9. The van der Waals surface area contributed by atoms with Crippen LogP contribution in [0.3, 0.4) is 0 Å². The predicted molar refractivity (Wildman–Crippen MR) is 101 cm³/mol. The van der Waals surface area contributed by atoms with Crippen molar-refractivity contribution in [3.8, 4) is 23.1 Å². The Morgan fingerprint density at radius 1 is 1.19 bits per heavy atom. The van der Waals surface area contributed by atoms with Gasteiger partial charge in [0.1, 0.15) is 11.8 Å². The minimum Gasteiger partial charge on any atom is -0.497 e. The van der Waals surface area contributed by atoms with E-state index >= 15 is 0 Å². The van der Waals surface area contributed by atoms with Crippen LogP contribution in [0.2, 0.25) is 0 Å². The highest BCUT2D eigenvalue weighted by Gasteiger charge is 2.18. The Hall–Kier alpha value is -2.82. The largest absolute Gasteiger partial charge is 0.497 e. The molecule has 2 N–H and O–H groups in total. The number of sulfonamides is 1. The van der Waals surface area contributed by atoms with E-state index < -0.39 is 10.0 Å². The van der Waals surface area contributed by atoms with Crippen LogP contribution in [0.25, 0.3) is 22.2 Å². The Bertz CT molecular complexity index is 1110. The van der Waals surface area contributed by atoms with Crippen LogP contribution in [0.15, 0.2) is 42.5 Å². The molecule has 1 aromatic heterocycles. The first-order valence-corrected chi connectivity index (χ1v) is 9.79. The van der Waals surface area contributed by atoms with Gasteiger partial charge in [0, 0.05) is 18.0 Å². The molecule has 2 aromatic carbocycles. The number of fused-ring (bicyclic) bond motifs is 1. The topological polar surface area (TPSA) is 98.1 Å². The first-order valence-electron chi connectivity index (χ1n) is 8.08. The summed E-state index contributed by atoms with van der Waals surface area (Å²) in [6.07, 6.45) is 0. The van der Waals surface area contributed by atoms with Crippen LogP contribution in [0, 0.1) is 11.3 Å². The van der Waals surface area contributed by atoms with Crippen molar-refractivity contribution in [2.75, 3.05) is 7.11 Å². The van der Waals surface area contributed by atoms with Gasteiger partial charge >= 0.3 is 0 Å². The smallest absolute Gasteiger partial charge is 0.213 e. The molecule has 0 aliphatic rings. The Labute approximate surface area is 152 Å². The van der Waals surface area contributed by atoms with Gasteiger partial charge in [-0.1, -0.05) is 24.3 Å². The van der Waals surface area contributed by atoms with Crippen LogP contribution in [0.4, 0.5) is 0 Å². The molecule has 0 bridgehead atoms. The molecule has 0 unspecified atom stereocenters. The molecule has 1 heterocycles. The highest BCUT2D eigenvalue weighted by atomic mass is 32.2. The number of primary sulfonamides is 1. The van der Waals surface area contributed by atoms with E-state index in [-0.39, 0.29) is 5.75 Å². The van der Waals surface area contributed by atoms with Crippen LogP contribution < -0.4 is 9.88 Å². The second kappa shape index (κ2) is 6.83. The summed E-state index contributed by atoms with van der Waals surface area (Å²) >= 11 is 0. The van der Waals surface area contributed by atoms with Crippen LogP contribution in [0.1, 0.15) is 18.1 Å². The van der Waals surface area contributed by atoms with E-state index in [1.807, 2.05) is 37.3 Å². The minimum atomic E-state index is -3.58. The van der Waals surface area contributed by atoms with Crippen molar-refractivity contribution in [2.24, 2.45) is 5.14 Å². The molecule has 134 valence electrons. The first-order chi connectivity index (χ1) is 12.4. The molecule has 0 aliphatic heterocycles. The number of aromatic nitrogens is 1. The van der Waals surface area contributed by atoms with Gasteiger partial charge in [-0.15, -0.1) is 0 Å². The predicted octanol–water partition coefficient (Wildman–Crippen LogP) is 3.00. The second-order valence-electron chi connectivity index (χ2n) is 5.97. The lowest BCUT2D eigenvalue weighted by Crippen LogP contribution is -2.14. The summed E-state index contributed by atoms with van der Waals surface area (Å²) in [5.41, 5.74) is 3.77. The number of hydrogen-bond acceptors (Lipinski definition) is 4. The van der Waals surface area contributed by atoms with Gasteiger partial charge < -0.3 is 9.30 Å². The number of nitrogens with two attached hydrogens (primary N) is 1. The Morgan fingerprint density at radius 2 is 1.88 bits per heavy atom. The quantitative estimate of drug-likeness (QED) is 0.747. The molecule has 0 spiro atoms. The summed E-state index contributed by atoms with van der Waals surface area (Å²) in [7, 11) is -1.97. The molecule has 3 aromatic rings. The van der Waals surface area contributed by atoms with Crippen LogP contribution in [-0.2, 0) is 22.3 Å². The van der Waals surface area contributed by atoms with E-state index in [9.17, 15) is 13.7 Å². The molecular formula is C19H19N3O3S. The lowest BCUT2D eigenvalue weighted by atomic mass is 10.0. The highest BCUT2D eigenvalue weighted by molar-refractivity contribution is 7.88. The van der Waals surface area contributed by atoms with Crippen molar-refractivity contribution in [3.63, 3.8) is 0 Å². The number of benzene rings is 2. The molecule has 0 saturated carbocycles. The lowest BCUT2D eigenvalue weighted by Gasteiger charge is -2.10. The van der Waals surface area contributed by atoms with Gasteiger partial charge in [-0.05, 0) is 30.2 Å². The second-order valence-corrected chi connectivity index (χ2v) is 7.58. The van der Waals surface area contributed by atoms with E-state index in [4.69, 9.17) is 9.88 Å². The summed E-state index contributed by atoms with van der Waals surface area (Å²) in [5, 5.41) is 15.7. The van der Waals surface area contributed by atoms with E-state index in [0.717, 1.165) is 27.9 Å². The summed E-state index contributed by atoms with van der Waals surface area (Å²) in [6.45, 7) is 2.69. The Kier molecular flexibility index (Phi) is 4.72. The van der Waals surface area contributed by atoms with Crippen LogP contribution in [0.5, 0.6) is 5.75 Å². The van der Waals surface area contributed by atoms with E-state index in [2.05, 4.69) is 10.6 Å². The Balaban J connectivity index is 2.19. The van der Waals surface area contributed by atoms with Gasteiger partial charge in [0.2, 0.25) is 10.0 Å². The monoisotopic (exact) mass is 369 g/mol. The van der Waals surface area contributed by atoms with Gasteiger partial charge in [-0.25, -0.2) is 13.6 Å². The van der Waals surface area contributed by atoms with Gasteiger partial charge in [-0.2, -0.15) is 5.26 Å². The maximum Gasteiger partial charge on any atom is 0.213 e. The summed E-state index contributed by atoms with van der Waals surface area (Å²) in [5.74, 6) is 0.510. The van der Waals surface area contributed by atoms with Gasteiger partial charge in [0.15, 0.2) is 0 Å². The fourth-order valence-electron chi connectivity index (χ4n) is 3.19. The van der Waals surface area contributed by atoms with E-state index in [0.29, 0.717) is 17.7 Å². The van der Waals surface area contributed by atoms with Crippen molar-refractivity contribution in [1.82, 2.24) is 4.57 Å². The molecule has 0 radical (unpaired) electrons. The third-order valence-electron chi connectivity index (χ3n) is 4.30. The van der Waals surface area contributed by atoms with E-state index in [1.54, 1.807) is 19.2 Å². The zero-order chi connectivity index (χ0) is 18.9. The molecule has 0 fully saturated rings. The zero-order valence-electron chi connectivity index (χ0n) is 14.6. The molecule has 7 heteroatoms. The fourth-order valence-corrected chi connectivity index (χ4v) is 3.85. The van der Waals surface area contributed by atoms with Crippen LogP contribution in [-0.4, -0.2) is 20.1 Å². The summed E-state index contributed by atoms with van der Waals surface area (Å²) in [6, 6.07) is 15.0. The maximum atomic E-state index is 11.3. The van der Waals surface area contributed by atoms with Crippen molar-refractivity contribution >= 4 is 20.9 Å². The third kappa shape index (κ3) is 3.29. The maximum absolute atomic E-state index is 11.3. The van der Waals surface area contributed by atoms with Crippen molar-refractivity contribution < 1.29 is 13.2 Å². The number of methoxy groups -OCH3 is 1. The number of hydrogen-bond donors (Lipinski definition) is 1. The molecule has 0 amide bonds. The Morgan fingerprint density at radius 3 is 2.42 bits per heavy atom. The average molecular weight is 369 g/mol. The molecule has 3 rings (SSSR count). The summed E-state index contributed by atoms with van der Waals surface area (Å²) in [4.78, 5) is 0. The standard InChI is InChI=1S/C19H19N3O3S/c1-3-22-18-10-15(25-2)8-9-16(18)17(11-20)19(22)14-6-4-13(5-7-14)12-26(21,23)24/h4-10H,3,12H2,1-2H3,(H2,21,23,24). The fraction of sp³-hybridized carbons (Fsp3) is 0.211. The number of nitrogens with zero attached hydrogens (tertiary/aromatic N) is 2. The lowest BCUT2D eigenvalue weighted by molar-refractivity contribution is 0.415. The molecule has 26 heavy (non-hydrogen) atoms. The molecule has 0 saturated heterocycles.